The fourth-order valence-electron chi connectivity index (χ4n) is 0.486. The molecular weight excluding hydrogens is 112 g/mol. The summed E-state index contributed by atoms with van der Waals surface area (Å²) < 4.78 is 0. The molecule has 0 aliphatic carbocycles. The lowest BCUT2D eigenvalue weighted by Gasteiger charge is -2.09. The molecule has 0 unspecified atom stereocenters. The average molecular weight is 122 g/mol. The quantitative estimate of drug-likeness (QED) is 0.400. The zero-order valence-electron chi connectivity index (χ0n) is 5.81. The van der Waals surface area contributed by atoms with E-state index >= 15 is 0 Å². The number of nitriles is 1. The summed E-state index contributed by atoms with van der Waals surface area (Å²) in [5.41, 5.74) is 0. The van der Waals surface area contributed by atoms with Gasteiger partial charge in [-0.3, -0.25) is 0 Å². The summed E-state index contributed by atoms with van der Waals surface area (Å²) in [5.74, 6) is 2.33. The van der Waals surface area contributed by atoms with Gasteiger partial charge in [-0.1, -0.05) is 0 Å². The van der Waals surface area contributed by atoms with Crippen molar-refractivity contribution in [2.24, 2.45) is 0 Å². The maximum Gasteiger partial charge on any atom is 0.154 e. The van der Waals surface area contributed by atoms with Crippen molar-refractivity contribution in [3.05, 3.63) is 0 Å². The van der Waals surface area contributed by atoms with E-state index < -0.39 is 0 Å². The van der Waals surface area contributed by atoms with Crippen LogP contribution in [0, 0.1) is 23.3 Å². The van der Waals surface area contributed by atoms with Crippen LogP contribution >= 0.6 is 0 Å². The van der Waals surface area contributed by atoms with Gasteiger partial charge < -0.3 is 4.90 Å². The minimum Gasteiger partial charge on any atom is -0.332 e. The fraction of sp³-hybridized carbons (Fsp3) is 0.571. The Hall–Kier alpha value is -1.15. The Kier molecular flexibility index (Phi) is 4.36. The Morgan fingerprint density at radius 1 is 1.33 bits per heavy atom. The van der Waals surface area contributed by atoms with Crippen molar-refractivity contribution >= 4 is 0 Å². The predicted octanol–water partition coefficient (Wildman–Crippen LogP) is 0.813. The third kappa shape index (κ3) is 3.43. The summed E-state index contributed by atoms with van der Waals surface area (Å²) in [4.78, 5) is 1.88. The van der Waals surface area contributed by atoms with Crippen LogP contribution in [0.2, 0.25) is 0 Å². The third-order valence-electron chi connectivity index (χ3n) is 1.03. The Morgan fingerprint density at radius 2 is 1.89 bits per heavy atom. The van der Waals surface area contributed by atoms with E-state index in [1.807, 2.05) is 18.7 Å². The van der Waals surface area contributed by atoms with Crippen molar-refractivity contribution < 1.29 is 0 Å². The normalized spacial score (nSPS) is 6.78. The highest BCUT2D eigenvalue weighted by atomic mass is 15.1. The van der Waals surface area contributed by atoms with Crippen LogP contribution in [0.4, 0.5) is 0 Å². The van der Waals surface area contributed by atoms with Gasteiger partial charge >= 0.3 is 0 Å². The van der Waals surface area contributed by atoms with Gasteiger partial charge in [0.05, 0.1) is 0 Å². The molecule has 0 radical (unpaired) electrons. The molecule has 9 heavy (non-hydrogen) atoms. The van der Waals surface area contributed by atoms with Crippen LogP contribution in [0.25, 0.3) is 0 Å². The van der Waals surface area contributed by atoms with E-state index in [1.165, 1.54) is 0 Å². The van der Waals surface area contributed by atoms with Crippen LogP contribution in [0.15, 0.2) is 0 Å². The number of rotatable bonds is 2. The Morgan fingerprint density at radius 3 is 2.22 bits per heavy atom. The topological polar surface area (TPSA) is 27.0 Å². The number of hydrogen-bond acceptors (Lipinski definition) is 2. The van der Waals surface area contributed by atoms with E-state index in [0.717, 1.165) is 13.1 Å². The first-order valence-corrected chi connectivity index (χ1v) is 2.99. The highest BCUT2D eigenvalue weighted by Gasteiger charge is 1.86. The van der Waals surface area contributed by atoms with Crippen LogP contribution < -0.4 is 0 Å². The highest BCUT2D eigenvalue weighted by Crippen LogP contribution is 1.79. The van der Waals surface area contributed by atoms with Crippen molar-refractivity contribution in [3.8, 4) is 18.0 Å². The summed E-state index contributed by atoms with van der Waals surface area (Å²) in [5, 5.41) is 8.06. The molecule has 0 aromatic heterocycles. The summed E-state index contributed by atoms with van der Waals surface area (Å²) in [6, 6.07) is 4.46. The standard InChI is InChI=1S/C7H10N2/c1-3-9(4-2)7-5-6-8/h3-4H2,1-2H3. The molecule has 0 N–H and O–H groups in total. The predicted molar refractivity (Wildman–Crippen MR) is 36.3 cm³/mol. The first kappa shape index (κ1) is 7.85. The number of nitrogens with zero attached hydrogens (tertiary/aromatic N) is 2. The van der Waals surface area contributed by atoms with Crippen molar-refractivity contribution in [3.63, 3.8) is 0 Å². The first-order chi connectivity index (χ1) is 4.35. The lowest BCUT2D eigenvalue weighted by atomic mass is 10.5. The Bertz CT molecular complexity index is 152. The molecular formula is C7H10N2. The van der Waals surface area contributed by atoms with Crippen molar-refractivity contribution in [1.29, 1.82) is 5.26 Å². The minimum atomic E-state index is 0.880. The summed E-state index contributed by atoms with van der Waals surface area (Å²) >= 11 is 0. The summed E-state index contributed by atoms with van der Waals surface area (Å²) in [6.07, 6.45) is 0. The molecule has 0 aliphatic rings. The average Bonchev–Trinajstić information content (AvgIpc) is 1.91. The molecule has 0 aromatic carbocycles. The highest BCUT2D eigenvalue weighted by molar-refractivity contribution is 5.15. The lowest BCUT2D eigenvalue weighted by molar-refractivity contribution is 0.444. The second-order valence-corrected chi connectivity index (χ2v) is 1.52. The zero-order valence-corrected chi connectivity index (χ0v) is 5.81. The third-order valence-corrected chi connectivity index (χ3v) is 1.03. The maximum absolute atomic E-state index is 8.06. The molecule has 0 aromatic rings. The van der Waals surface area contributed by atoms with E-state index in [1.54, 1.807) is 6.07 Å². The molecule has 0 bridgehead atoms. The molecule has 0 rings (SSSR count). The lowest BCUT2D eigenvalue weighted by Crippen LogP contribution is -2.15. The van der Waals surface area contributed by atoms with Gasteiger partial charge in [-0.05, 0) is 13.8 Å². The molecule has 2 heteroatoms. The number of hydrogen-bond donors (Lipinski definition) is 0. The molecule has 0 fully saturated rings. The largest absolute Gasteiger partial charge is 0.332 e. The smallest absolute Gasteiger partial charge is 0.154 e. The molecule has 0 saturated heterocycles. The SMILES string of the molecule is CCN(C#CC#N)CC. The van der Waals surface area contributed by atoms with Gasteiger partial charge in [-0.25, -0.2) is 0 Å². The maximum atomic E-state index is 8.06. The van der Waals surface area contributed by atoms with E-state index in [0.29, 0.717) is 0 Å². The Balaban J connectivity index is 3.71. The van der Waals surface area contributed by atoms with E-state index in [2.05, 4.69) is 12.0 Å². The summed E-state index contributed by atoms with van der Waals surface area (Å²) in [6.45, 7) is 5.78. The molecule has 0 atom stereocenters. The van der Waals surface area contributed by atoms with Crippen LogP contribution in [0.5, 0.6) is 0 Å². The first-order valence-electron chi connectivity index (χ1n) is 2.99. The van der Waals surface area contributed by atoms with Crippen LogP contribution in [-0.4, -0.2) is 18.0 Å². The second kappa shape index (κ2) is 5.00. The summed E-state index contributed by atoms with van der Waals surface area (Å²) in [7, 11) is 0. The Labute approximate surface area is 56.1 Å². The second-order valence-electron chi connectivity index (χ2n) is 1.52. The zero-order chi connectivity index (χ0) is 7.11. The van der Waals surface area contributed by atoms with Gasteiger partial charge in [-0.2, -0.15) is 5.26 Å². The van der Waals surface area contributed by atoms with Gasteiger partial charge in [-0.15, -0.1) is 0 Å². The molecule has 0 amide bonds. The van der Waals surface area contributed by atoms with E-state index in [-0.39, 0.29) is 0 Å². The fourth-order valence-corrected chi connectivity index (χ4v) is 0.486. The van der Waals surface area contributed by atoms with Gasteiger partial charge in [0.1, 0.15) is 0 Å². The molecule has 48 valence electrons. The molecule has 0 saturated carbocycles. The van der Waals surface area contributed by atoms with Crippen molar-refractivity contribution in [2.75, 3.05) is 13.1 Å². The van der Waals surface area contributed by atoms with Crippen molar-refractivity contribution in [1.82, 2.24) is 4.90 Å². The molecule has 0 spiro atoms. The van der Waals surface area contributed by atoms with Gasteiger partial charge in [0.2, 0.25) is 0 Å². The van der Waals surface area contributed by atoms with Crippen LogP contribution in [0.3, 0.4) is 0 Å². The molecule has 0 aliphatic heterocycles. The van der Waals surface area contributed by atoms with E-state index in [4.69, 9.17) is 5.26 Å². The minimum absolute atomic E-state index is 0.880. The van der Waals surface area contributed by atoms with E-state index in [9.17, 15) is 0 Å². The van der Waals surface area contributed by atoms with Crippen LogP contribution in [0.1, 0.15) is 13.8 Å². The monoisotopic (exact) mass is 122 g/mol. The van der Waals surface area contributed by atoms with Crippen molar-refractivity contribution in [2.45, 2.75) is 13.8 Å². The van der Waals surface area contributed by atoms with Gasteiger partial charge in [0.25, 0.3) is 0 Å². The van der Waals surface area contributed by atoms with Gasteiger partial charge in [0.15, 0.2) is 6.07 Å². The molecule has 2 nitrogen and oxygen atoms in total. The molecule has 0 heterocycles. The van der Waals surface area contributed by atoms with Gasteiger partial charge in [0, 0.05) is 25.1 Å². The van der Waals surface area contributed by atoms with Crippen LogP contribution in [-0.2, 0) is 0 Å².